The molecule has 1 fully saturated rings. The van der Waals surface area contributed by atoms with Gasteiger partial charge in [-0.25, -0.2) is 8.78 Å². The highest BCUT2D eigenvalue weighted by Crippen LogP contribution is 2.30. The van der Waals surface area contributed by atoms with Crippen LogP contribution in [0.15, 0.2) is 16.6 Å². The van der Waals surface area contributed by atoms with Crippen LogP contribution >= 0.6 is 15.9 Å². The molecule has 17 heavy (non-hydrogen) atoms. The van der Waals surface area contributed by atoms with Crippen LogP contribution in [0, 0.1) is 11.6 Å². The number of rotatable bonds is 3. The Kier molecular flexibility index (Phi) is 4.12. The Morgan fingerprint density at radius 2 is 2.18 bits per heavy atom. The van der Waals surface area contributed by atoms with Gasteiger partial charge in [-0.05, 0) is 48.0 Å². The number of likely N-dealkylation sites (N-methyl/N-ethyl adjacent to an activating group) is 1. The van der Waals surface area contributed by atoms with Crippen LogP contribution in [0.5, 0.6) is 0 Å². The minimum absolute atomic E-state index is 0.0879. The first-order valence-corrected chi connectivity index (χ1v) is 6.36. The first kappa shape index (κ1) is 12.9. The Morgan fingerprint density at radius 3 is 2.76 bits per heavy atom. The summed E-state index contributed by atoms with van der Waals surface area (Å²) in [6.07, 6.45) is 1.74. The minimum Gasteiger partial charge on any atom is -0.376 e. The molecule has 5 heteroatoms. The Balaban J connectivity index is 2.32. The average Bonchev–Trinajstić information content (AvgIpc) is 2.80. The van der Waals surface area contributed by atoms with Crippen molar-refractivity contribution < 1.29 is 13.5 Å². The molecule has 2 atom stereocenters. The van der Waals surface area contributed by atoms with Gasteiger partial charge < -0.3 is 10.1 Å². The van der Waals surface area contributed by atoms with E-state index in [1.807, 2.05) is 0 Å². The van der Waals surface area contributed by atoms with E-state index in [1.54, 1.807) is 7.05 Å². The molecule has 2 rings (SSSR count). The normalized spacial score (nSPS) is 21.8. The van der Waals surface area contributed by atoms with E-state index in [1.165, 1.54) is 6.07 Å². The Morgan fingerprint density at radius 1 is 1.41 bits per heavy atom. The summed E-state index contributed by atoms with van der Waals surface area (Å²) < 4.78 is 33.0. The minimum atomic E-state index is -0.459. The molecule has 2 nitrogen and oxygen atoms in total. The highest BCUT2D eigenvalue weighted by Gasteiger charge is 2.28. The molecule has 1 heterocycles. The second-order valence-corrected chi connectivity index (χ2v) is 4.96. The van der Waals surface area contributed by atoms with E-state index in [4.69, 9.17) is 4.74 Å². The van der Waals surface area contributed by atoms with E-state index in [-0.39, 0.29) is 16.6 Å². The SMILES string of the molecule is CNC(c1cc(F)c(Br)cc1F)C1CCCO1. The highest BCUT2D eigenvalue weighted by molar-refractivity contribution is 9.10. The molecule has 0 amide bonds. The Labute approximate surface area is 107 Å². The lowest BCUT2D eigenvalue weighted by atomic mass is 9.99. The second kappa shape index (κ2) is 5.42. The maximum Gasteiger partial charge on any atom is 0.137 e. The number of benzene rings is 1. The van der Waals surface area contributed by atoms with Gasteiger partial charge in [0.1, 0.15) is 11.6 Å². The molecule has 1 aliphatic rings. The molecule has 1 N–H and O–H groups in total. The third-order valence-electron chi connectivity index (χ3n) is 3.02. The monoisotopic (exact) mass is 305 g/mol. The van der Waals surface area contributed by atoms with Crippen LogP contribution in [0.3, 0.4) is 0 Å². The van der Waals surface area contributed by atoms with Gasteiger partial charge in [0.05, 0.1) is 16.6 Å². The summed E-state index contributed by atoms with van der Waals surface area (Å²) in [6, 6.07) is 2.08. The van der Waals surface area contributed by atoms with Crippen LogP contribution in [0.2, 0.25) is 0 Å². The third-order valence-corrected chi connectivity index (χ3v) is 3.63. The maximum atomic E-state index is 13.8. The van der Waals surface area contributed by atoms with E-state index in [2.05, 4.69) is 21.2 Å². The van der Waals surface area contributed by atoms with Gasteiger partial charge in [0, 0.05) is 12.2 Å². The summed E-state index contributed by atoms with van der Waals surface area (Å²) in [5, 5.41) is 3.00. The van der Waals surface area contributed by atoms with Crippen LogP contribution in [-0.2, 0) is 4.74 Å². The molecular weight excluding hydrogens is 292 g/mol. The maximum absolute atomic E-state index is 13.8. The summed E-state index contributed by atoms with van der Waals surface area (Å²) >= 11 is 2.97. The van der Waals surface area contributed by atoms with E-state index < -0.39 is 11.6 Å². The molecule has 0 saturated carbocycles. The van der Waals surface area contributed by atoms with E-state index in [9.17, 15) is 8.78 Å². The van der Waals surface area contributed by atoms with Gasteiger partial charge in [-0.15, -0.1) is 0 Å². The Hall–Kier alpha value is -0.520. The van der Waals surface area contributed by atoms with Crippen molar-refractivity contribution in [1.82, 2.24) is 5.32 Å². The largest absolute Gasteiger partial charge is 0.376 e. The lowest BCUT2D eigenvalue weighted by Crippen LogP contribution is -2.29. The molecule has 1 aromatic rings. The van der Waals surface area contributed by atoms with Crippen molar-refractivity contribution in [3.05, 3.63) is 33.8 Å². The smallest absolute Gasteiger partial charge is 0.137 e. The molecule has 1 aliphatic heterocycles. The predicted molar refractivity (Wildman–Crippen MR) is 64.8 cm³/mol. The van der Waals surface area contributed by atoms with Crippen LogP contribution < -0.4 is 5.32 Å². The van der Waals surface area contributed by atoms with Gasteiger partial charge in [0.15, 0.2) is 0 Å². The van der Waals surface area contributed by atoms with Gasteiger partial charge in [-0.1, -0.05) is 0 Å². The van der Waals surface area contributed by atoms with Crippen molar-refractivity contribution >= 4 is 15.9 Å². The zero-order chi connectivity index (χ0) is 12.4. The molecule has 0 aliphatic carbocycles. The summed E-state index contributed by atoms with van der Waals surface area (Å²) in [7, 11) is 1.73. The van der Waals surface area contributed by atoms with Crippen molar-refractivity contribution in [2.24, 2.45) is 0 Å². The molecule has 1 aromatic carbocycles. The topological polar surface area (TPSA) is 21.3 Å². The fourth-order valence-corrected chi connectivity index (χ4v) is 2.50. The van der Waals surface area contributed by atoms with Crippen molar-refractivity contribution in [3.8, 4) is 0 Å². The number of ether oxygens (including phenoxy) is 1. The lowest BCUT2D eigenvalue weighted by Gasteiger charge is -2.23. The third kappa shape index (κ3) is 2.67. The lowest BCUT2D eigenvalue weighted by molar-refractivity contribution is 0.0795. The van der Waals surface area contributed by atoms with Crippen molar-refractivity contribution in [2.75, 3.05) is 13.7 Å². The molecule has 0 aromatic heterocycles. The molecule has 1 saturated heterocycles. The fourth-order valence-electron chi connectivity index (χ4n) is 2.18. The van der Waals surface area contributed by atoms with E-state index >= 15 is 0 Å². The molecule has 0 radical (unpaired) electrons. The van der Waals surface area contributed by atoms with Gasteiger partial charge in [-0.2, -0.15) is 0 Å². The van der Waals surface area contributed by atoms with Crippen LogP contribution in [0.1, 0.15) is 24.4 Å². The first-order chi connectivity index (χ1) is 8.13. The summed E-state index contributed by atoms with van der Waals surface area (Å²) in [5.41, 5.74) is 0.320. The van der Waals surface area contributed by atoms with E-state index in [0.717, 1.165) is 18.9 Å². The van der Waals surface area contributed by atoms with Crippen LogP contribution in [-0.4, -0.2) is 19.8 Å². The average molecular weight is 306 g/mol. The van der Waals surface area contributed by atoms with Crippen molar-refractivity contribution in [2.45, 2.75) is 25.0 Å². The highest BCUT2D eigenvalue weighted by atomic mass is 79.9. The van der Waals surface area contributed by atoms with E-state index in [0.29, 0.717) is 12.2 Å². The second-order valence-electron chi connectivity index (χ2n) is 4.11. The summed E-state index contributed by atoms with van der Waals surface area (Å²) in [4.78, 5) is 0. The first-order valence-electron chi connectivity index (χ1n) is 5.56. The van der Waals surface area contributed by atoms with Gasteiger partial charge in [0.25, 0.3) is 0 Å². The predicted octanol–water partition coefficient (Wildman–Crippen LogP) is 3.17. The van der Waals surface area contributed by atoms with Gasteiger partial charge >= 0.3 is 0 Å². The molecule has 94 valence electrons. The molecular formula is C12H14BrF2NO. The number of nitrogens with one attached hydrogen (secondary N) is 1. The molecule has 0 bridgehead atoms. The molecule has 2 unspecified atom stereocenters. The van der Waals surface area contributed by atoms with Crippen molar-refractivity contribution in [3.63, 3.8) is 0 Å². The molecule has 0 spiro atoms. The zero-order valence-electron chi connectivity index (χ0n) is 9.47. The quantitative estimate of drug-likeness (QED) is 0.866. The van der Waals surface area contributed by atoms with Crippen LogP contribution in [0.25, 0.3) is 0 Å². The van der Waals surface area contributed by atoms with Crippen LogP contribution in [0.4, 0.5) is 8.78 Å². The fraction of sp³-hybridized carbons (Fsp3) is 0.500. The number of halogens is 3. The van der Waals surface area contributed by atoms with Gasteiger partial charge in [-0.3, -0.25) is 0 Å². The zero-order valence-corrected chi connectivity index (χ0v) is 11.1. The summed E-state index contributed by atoms with van der Waals surface area (Å²) in [6.45, 7) is 0.684. The number of hydrogen-bond acceptors (Lipinski definition) is 2. The summed E-state index contributed by atoms with van der Waals surface area (Å²) in [5.74, 6) is -0.882. The number of hydrogen-bond donors (Lipinski definition) is 1. The van der Waals surface area contributed by atoms with Crippen molar-refractivity contribution in [1.29, 1.82) is 0 Å². The standard InChI is InChI=1S/C12H14BrF2NO/c1-16-12(11-3-2-4-17-11)7-5-10(15)8(13)6-9(7)14/h5-6,11-12,16H,2-4H2,1H3. The van der Waals surface area contributed by atoms with Gasteiger partial charge in [0.2, 0.25) is 0 Å². The Bertz CT molecular complexity index is 408.